The summed E-state index contributed by atoms with van der Waals surface area (Å²) in [6, 6.07) is 0. The van der Waals surface area contributed by atoms with Crippen LogP contribution in [0.4, 0.5) is 0 Å². The lowest BCUT2D eigenvalue weighted by molar-refractivity contribution is 0.739. The molecule has 2 rings (SSSR count). The summed E-state index contributed by atoms with van der Waals surface area (Å²) in [4.78, 5) is 0. The monoisotopic (exact) mass is 646 g/mol. The highest BCUT2D eigenvalue weighted by Gasteiger charge is 2.56. The highest BCUT2D eigenvalue weighted by molar-refractivity contribution is 7.15. The standard InChI is InChI=1S/C32H66N2Si6/c1-23-24(2)28(6)31(9,27(23)5)35(33(37(11,12)13)38(14,15)16)36(34(39(17,18)19)40(20,21)22)32(10)29(7)25(3)26(4)30(32)8/h1-22H3/b36-35+. The van der Waals surface area contributed by atoms with Gasteiger partial charge >= 0.3 is 0 Å². The Morgan fingerprint density at radius 3 is 0.650 bits per heavy atom. The van der Waals surface area contributed by atoms with E-state index in [-0.39, 0.29) is 10.1 Å². The summed E-state index contributed by atoms with van der Waals surface area (Å²) in [5, 5.41) is 0.276. The maximum atomic E-state index is 3.39. The molecule has 8 heteroatoms. The molecule has 0 saturated carbocycles. The quantitative estimate of drug-likeness (QED) is 0.242. The van der Waals surface area contributed by atoms with Crippen LogP contribution in [0.2, 0.25) is 88.6 Å². The Labute approximate surface area is 258 Å². The first-order valence-electron chi connectivity index (χ1n) is 15.6. The Bertz CT molecular complexity index is 1060. The van der Waals surface area contributed by atoms with E-state index in [1.165, 1.54) is 0 Å². The van der Waals surface area contributed by atoms with Gasteiger partial charge in [0.15, 0.2) is 0 Å². The van der Waals surface area contributed by atoms with E-state index in [9.17, 15) is 0 Å². The van der Waals surface area contributed by atoms with Crippen LogP contribution in [0, 0.1) is 0 Å². The van der Waals surface area contributed by atoms with Crippen molar-refractivity contribution in [3.63, 3.8) is 0 Å². The maximum Gasteiger partial charge on any atom is 0.129 e. The van der Waals surface area contributed by atoms with E-state index in [4.69, 9.17) is 0 Å². The lowest BCUT2D eigenvalue weighted by Crippen LogP contribution is -2.73. The molecule has 0 saturated heterocycles. The predicted octanol–water partition coefficient (Wildman–Crippen LogP) is 10.9. The second-order valence-corrected chi connectivity index (χ2v) is 46.3. The lowest BCUT2D eigenvalue weighted by Gasteiger charge is -2.59. The Kier molecular flexibility index (Phi) is 9.72. The minimum atomic E-state index is -1.70. The van der Waals surface area contributed by atoms with E-state index in [0.717, 1.165) is 0 Å². The molecular formula is C32H66N2Si6. The number of hydrogen-bond acceptors (Lipinski definition) is 2. The molecule has 0 spiro atoms. The second-order valence-electron chi connectivity index (χ2n) is 17.3. The average Bonchev–Trinajstić information content (AvgIpc) is 2.99. The highest BCUT2D eigenvalue weighted by Crippen LogP contribution is 2.59. The molecule has 0 atom stereocenters. The molecule has 0 aromatic heterocycles. The van der Waals surface area contributed by atoms with Crippen molar-refractivity contribution < 1.29 is 0 Å². The van der Waals surface area contributed by atoms with Crippen LogP contribution in [-0.2, 0) is 0 Å². The summed E-state index contributed by atoms with van der Waals surface area (Å²) < 4.78 is 6.78. The maximum absolute atomic E-state index is 3.39. The second kappa shape index (κ2) is 10.8. The van der Waals surface area contributed by atoms with Crippen LogP contribution < -0.4 is 0 Å². The summed E-state index contributed by atoms with van der Waals surface area (Å²) in [7, 11) is -9.04. The lowest BCUT2D eigenvalue weighted by atomic mass is 9.98. The molecule has 0 aromatic rings. The van der Waals surface area contributed by atoms with Crippen LogP contribution in [0.15, 0.2) is 44.6 Å². The molecule has 2 aliphatic carbocycles. The van der Waals surface area contributed by atoms with Crippen molar-refractivity contribution in [2.45, 2.75) is 158 Å². The Morgan fingerprint density at radius 2 is 0.525 bits per heavy atom. The van der Waals surface area contributed by atoms with Gasteiger partial charge < -0.3 is 7.79 Å². The average molecular weight is 647 g/mol. The van der Waals surface area contributed by atoms with E-state index < -0.39 is 49.0 Å². The van der Waals surface area contributed by atoms with Crippen LogP contribution in [0.3, 0.4) is 0 Å². The van der Waals surface area contributed by atoms with Gasteiger partial charge in [0.1, 0.15) is 49.0 Å². The van der Waals surface area contributed by atoms with Gasteiger partial charge in [-0.15, -0.1) is 0 Å². The molecule has 0 amide bonds. The van der Waals surface area contributed by atoms with Gasteiger partial charge in [0, 0.05) is 10.1 Å². The van der Waals surface area contributed by atoms with E-state index in [2.05, 4.69) is 156 Å². The van der Waals surface area contributed by atoms with Crippen LogP contribution in [-0.4, -0.2) is 56.8 Å². The van der Waals surface area contributed by atoms with Gasteiger partial charge in [0.2, 0.25) is 0 Å². The van der Waals surface area contributed by atoms with Crippen molar-refractivity contribution in [1.29, 1.82) is 0 Å². The molecule has 0 fully saturated rings. The van der Waals surface area contributed by atoms with Gasteiger partial charge in [-0.05, 0) is 77.7 Å². The molecular weight excluding hydrogens is 581 g/mol. The molecule has 2 nitrogen and oxygen atoms in total. The number of hydrogen-bond donors (Lipinski definition) is 0. The van der Waals surface area contributed by atoms with Gasteiger partial charge in [0.25, 0.3) is 0 Å². The fourth-order valence-corrected chi connectivity index (χ4v) is 64.6. The normalized spacial score (nSPS) is 21.1. The van der Waals surface area contributed by atoms with Crippen LogP contribution in [0.25, 0.3) is 0 Å². The number of nitrogens with zero attached hydrogens (tertiary/aromatic N) is 2. The third kappa shape index (κ3) is 5.60. The minimum Gasteiger partial charge on any atom is -0.464 e. The first-order valence-corrected chi connectivity index (χ1v) is 33.3. The fraction of sp³-hybridized carbons (Fsp3) is 0.750. The Hall–Kier alpha value is -0.139. The van der Waals surface area contributed by atoms with Gasteiger partial charge in [0.05, 0.1) is 0 Å². The van der Waals surface area contributed by atoms with E-state index in [1.54, 1.807) is 44.6 Å². The van der Waals surface area contributed by atoms with Crippen LogP contribution in [0.5, 0.6) is 0 Å². The first kappa shape index (κ1) is 36.1. The summed E-state index contributed by atoms with van der Waals surface area (Å²) in [6.07, 6.45) is 0. The van der Waals surface area contributed by atoms with E-state index in [1.807, 2.05) is 0 Å². The smallest absolute Gasteiger partial charge is 0.129 e. The molecule has 2 aliphatic rings. The zero-order chi connectivity index (χ0) is 31.9. The largest absolute Gasteiger partial charge is 0.464 e. The van der Waals surface area contributed by atoms with Crippen molar-refractivity contribution in [2.24, 2.45) is 0 Å². The molecule has 0 bridgehead atoms. The minimum absolute atomic E-state index is 0.138. The third-order valence-electron chi connectivity index (χ3n) is 10.7. The zero-order valence-corrected chi connectivity index (χ0v) is 36.9. The van der Waals surface area contributed by atoms with Crippen molar-refractivity contribution in [3.05, 3.63) is 44.6 Å². The van der Waals surface area contributed by atoms with Gasteiger partial charge in [-0.2, -0.15) is 0 Å². The first-order chi connectivity index (χ1) is 17.5. The van der Waals surface area contributed by atoms with Crippen molar-refractivity contribution in [3.8, 4) is 0 Å². The number of rotatable bonds is 8. The number of allylic oxidation sites excluding steroid dienone is 8. The molecule has 0 unspecified atom stereocenters. The highest BCUT2D eigenvalue weighted by atomic mass is 28.9. The van der Waals surface area contributed by atoms with E-state index >= 15 is 0 Å². The molecule has 0 aromatic carbocycles. The Balaban J connectivity index is 3.58. The Morgan fingerprint density at radius 1 is 0.375 bits per heavy atom. The van der Waals surface area contributed by atoms with Crippen molar-refractivity contribution >= 4 is 49.0 Å². The summed E-state index contributed by atoms with van der Waals surface area (Å²) in [6.45, 7) is 57.4. The third-order valence-corrected chi connectivity index (χ3v) is 47.9. The van der Waals surface area contributed by atoms with Gasteiger partial charge in [-0.25, -0.2) is 0 Å². The SMILES string of the molecule is CC1=C(C)C(C)(/[Si](N([Si](C)(C)C)[Si](C)(C)C)=[Si](\N([Si](C)(C)C)[Si](C)(C)C)C2(C)C(C)=C(C)C(C)=C2C)C(C)=C1C. The zero-order valence-electron chi connectivity index (χ0n) is 30.9. The summed E-state index contributed by atoms with van der Waals surface area (Å²) in [5.74, 6) is 0. The molecule has 0 aliphatic heterocycles. The topological polar surface area (TPSA) is 6.48 Å². The summed E-state index contributed by atoms with van der Waals surface area (Å²) >= 11 is 0. The van der Waals surface area contributed by atoms with Crippen LogP contribution in [0.1, 0.15) is 69.2 Å². The van der Waals surface area contributed by atoms with Gasteiger partial charge in [-0.1, -0.05) is 115 Å². The van der Waals surface area contributed by atoms with E-state index in [0.29, 0.717) is 0 Å². The van der Waals surface area contributed by atoms with Gasteiger partial charge in [-0.3, -0.25) is 0 Å². The van der Waals surface area contributed by atoms with Crippen molar-refractivity contribution in [1.82, 2.24) is 7.79 Å². The predicted molar refractivity (Wildman–Crippen MR) is 199 cm³/mol. The van der Waals surface area contributed by atoms with Crippen molar-refractivity contribution in [2.75, 3.05) is 0 Å². The molecule has 0 radical (unpaired) electrons. The molecule has 0 heterocycles. The molecule has 40 heavy (non-hydrogen) atoms. The van der Waals surface area contributed by atoms with Crippen LogP contribution >= 0.6 is 0 Å². The molecule has 228 valence electrons. The summed E-state index contributed by atoms with van der Waals surface area (Å²) in [5.41, 5.74) is 13.0. The fourth-order valence-electron chi connectivity index (χ4n) is 8.38. The molecule has 0 N–H and O–H groups in total.